The van der Waals surface area contributed by atoms with E-state index in [-0.39, 0.29) is 0 Å². The van der Waals surface area contributed by atoms with Crippen molar-refractivity contribution >= 4 is 0 Å². The Kier molecular flexibility index (Phi) is 2.70. The number of rotatable bonds is 0. The molecule has 1 aliphatic heterocycles. The van der Waals surface area contributed by atoms with Gasteiger partial charge >= 0.3 is 77.5 Å². The molecule has 73 valence electrons. The summed E-state index contributed by atoms with van der Waals surface area (Å²) < 4.78 is 72.2. The summed E-state index contributed by atoms with van der Waals surface area (Å²) in [5, 5.41) is 0. The van der Waals surface area contributed by atoms with Gasteiger partial charge in [0.25, 0.3) is 0 Å². The topological polar surface area (TPSA) is 136 Å². The fourth-order valence-electron chi connectivity index (χ4n) is 0.340. The molecule has 1 rings (SSSR count). The van der Waals surface area contributed by atoms with Crippen LogP contribution in [0.5, 0.6) is 0 Å². The van der Waals surface area contributed by atoms with Crippen molar-refractivity contribution in [1.29, 1.82) is 0 Å². The third-order valence-electron chi connectivity index (χ3n) is 0.500. The van der Waals surface area contributed by atoms with Gasteiger partial charge in [0.15, 0.2) is 0 Å². The molecule has 0 spiro atoms. The fourth-order valence-corrected chi connectivity index (χ4v) is 17.8. The molecule has 0 bridgehead atoms. The van der Waals surface area contributed by atoms with Gasteiger partial charge in [-0.1, -0.05) is 0 Å². The Hall–Kier alpha value is 0.905. The van der Waals surface area contributed by atoms with Gasteiger partial charge in [-0.15, -0.1) is 0 Å². The van der Waals surface area contributed by atoms with Crippen LogP contribution in [0.15, 0.2) is 0 Å². The first-order chi connectivity index (χ1) is 5.12. The molecule has 1 aliphatic rings. The van der Waals surface area contributed by atoms with Gasteiger partial charge in [-0.05, 0) is 0 Å². The summed E-state index contributed by atoms with van der Waals surface area (Å²) in [5.74, 6) is 0. The fraction of sp³-hybridized carbons (Fsp3) is 0. The van der Waals surface area contributed by atoms with Crippen molar-refractivity contribution in [2.75, 3.05) is 0 Å². The maximum atomic E-state index is 10.4. The average Bonchev–Trinajstić information content (AvgIpc) is 1.44. The third-order valence-corrected chi connectivity index (χ3v) is 17.5. The predicted octanol–water partition coefficient (Wildman–Crippen LogP) is -2.00. The van der Waals surface area contributed by atoms with E-state index in [4.69, 9.17) is 0 Å². The van der Waals surface area contributed by atoms with Gasteiger partial charge in [0.05, 0.1) is 0 Å². The second-order valence-electron chi connectivity index (χ2n) is 1.43. The normalized spacial score (nSPS) is 31.1. The molecule has 12 heavy (non-hydrogen) atoms. The molecule has 12 heteroatoms. The van der Waals surface area contributed by atoms with Gasteiger partial charge < -0.3 is 0 Å². The van der Waals surface area contributed by atoms with E-state index in [1.807, 2.05) is 0 Å². The number of hydrogen-bond donors (Lipinski definition) is 0. The van der Waals surface area contributed by atoms with Crippen LogP contribution < -0.4 is 3.76 Å². The quantitative estimate of drug-likeness (QED) is 0.399. The van der Waals surface area contributed by atoms with Crippen LogP contribution >= 0.6 is 0 Å². The molecule has 1 saturated heterocycles. The summed E-state index contributed by atoms with van der Waals surface area (Å²) in [6.45, 7) is 0. The van der Waals surface area contributed by atoms with E-state index in [2.05, 4.69) is 6.13 Å². The van der Waals surface area contributed by atoms with Crippen molar-refractivity contribution in [3.63, 3.8) is 0 Å². The molecule has 1 heterocycles. The molecule has 0 atom stereocenters. The monoisotopic (exact) mass is 438 g/mol. The van der Waals surface area contributed by atoms with Gasteiger partial charge in [0.1, 0.15) is 0 Å². The van der Waals surface area contributed by atoms with Gasteiger partial charge in [0, 0.05) is 0 Å². The molecule has 0 amide bonds. The molecule has 9 nitrogen and oxygen atoms in total. The first-order valence-corrected chi connectivity index (χ1v) is 11.8. The van der Waals surface area contributed by atoms with E-state index in [9.17, 15) is 20.7 Å². The van der Waals surface area contributed by atoms with Crippen molar-refractivity contribution in [3.05, 3.63) is 0 Å². The summed E-state index contributed by atoms with van der Waals surface area (Å²) in [7, 11) is 0. The van der Waals surface area contributed by atoms with E-state index in [1.165, 1.54) is 0 Å². The second-order valence-corrected chi connectivity index (χ2v) is 14.4. The van der Waals surface area contributed by atoms with Crippen molar-refractivity contribution in [2.24, 2.45) is 0 Å². The minimum atomic E-state index is -6.09. The standard InChI is InChI=1S/3Mo.9O/q;;;;;;;;;;;-1. The molecular formula is Mo3O9-. The molecule has 0 radical (unpaired) electrons. The first kappa shape index (κ1) is 11.0. The summed E-state index contributed by atoms with van der Waals surface area (Å²) in [4.78, 5) is 0. The van der Waals surface area contributed by atoms with E-state index in [0.717, 1.165) is 0 Å². The Morgan fingerprint density at radius 2 is 1.08 bits per heavy atom. The molecular weight excluding hydrogens is 432 g/mol. The minimum absolute atomic E-state index is 3.36. The molecule has 0 N–H and O–H groups in total. The Bertz CT molecular complexity index is 380. The van der Waals surface area contributed by atoms with Crippen molar-refractivity contribution < 1.29 is 77.5 Å². The van der Waals surface area contributed by atoms with E-state index in [1.54, 1.807) is 0 Å². The number of hydrogen-bond acceptors (Lipinski definition) is 9. The van der Waals surface area contributed by atoms with Crippen molar-refractivity contribution in [3.8, 4) is 0 Å². The molecule has 0 saturated carbocycles. The predicted molar refractivity (Wildman–Crippen MR) is 6.69 cm³/mol. The molecule has 0 unspecified atom stereocenters. The van der Waals surface area contributed by atoms with Crippen LogP contribution in [-0.4, -0.2) is 0 Å². The van der Waals surface area contributed by atoms with Crippen LogP contribution in [0, 0.1) is 0 Å². The summed E-state index contributed by atoms with van der Waals surface area (Å²) >= 11 is -18.3. The van der Waals surface area contributed by atoms with Crippen LogP contribution in [-0.2, 0) is 73.8 Å². The van der Waals surface area contributed by atoms with E-state index >= 15 is 0 Å². The Morgan fingerprint density at radius 3 is 1.33 bits per heavy atom. The van der Waals surface area contributed by atoms with Crippen LogP contribution in [0.4, 0.5) is 0 Å². The molecule has 0 aliphatic carbocycles. The summed E-state index contributed by atoms with van der Waals surface area (Å²) in [5.41, 5.74) is 0. The van der Waals surface area contributed by atoms with Crippen LogP contribution in [0.1, 0.15) is 0 Å². The third kappa shape index (κ3) is 2.99. The van der Waals surface area contributed by atoms with Crippen LogP contribution in [0.2, 0.25) is 0 Å². The SMILES string of the molecule is [O]=[Mo]1([O-])[O][Mo](=[O])(=[O])[O][Mo](=[O])(=[O])[O]1. The van der Waals surface area contributed by atoms with E-state index in [0.29, 0.717) is 0 Å². The molecule has 0 aromatic heterocycles. The van der Waals surface area contributed by atoms with Crippen molar-refractivity contribution in [1.82, 2.24) is 0 Å². The van der Waals surface area contributed by atoms with Crippen LogP contribution in [0.3, 0.4) is 0 Å². The first-order valence-electron chi connectivity index (χ1n) is 2.00. The summed E-state index contributed by atoms with van der Waals surface area (Å²) in [6, 6.07) is 0. The molecule has 0 aromatic rings. The van der Waals surface area contributed by atoms with Crippen LogP contribution in [0.25, 0.3) is 0 Å². The van der Waals surface area contributed by atoms with Gasteiger partial charge in [0.2, 0.25) is 0 Å². The summed E-state index contributed by atoms with van der Waals surface area (Å²) in [6.07, 6.45) is 0. The van der Waals surface area contributed by atoms with Gasteiger partial charge in [-0.2, -0.15) is 0 Å². The Balaban J connectivity index is 3.23. The zero-order valence-electron chi connectivity index (χ0n) is 4.90. The van der Waals surface area contributed by atoms with Gasteiger partial charge in [-0.25, -0.2) is 0 Å². The maximum absolute atomic E-state index is 10.4. The van der Waals surface area contributed by atoms with Crippen molar-refractivity contribution in [2.45, 2.75) is 0 Å². The Labute approximate surface area is 76.9 Å². The Morgan fingerprint density at radius 1 is 0.750 bits per heavy atom. The second kappa shape index (κ2) is 2.95. The molecule has 0 aromatic carbocycles. The molecule has 1 fully saturated rings. The average molecular weight is 432 g/mol. The zero-order chi connectivity index (χ0) is 9.62. The van der Waals surface area contributed by atoms with E-state index < -0.39 is 50.7 Å². The zero-order valence-corrected chi connectivity index (χ0v) is 10.9. The van der Waals surface area contributed by atoms with Gasteiger partial charge in [-0.3, -0.25) is 0 Å².